The summed E-state index contributed by atoms with van der Waals surface area (Å²) in [7, 11) is 0. The van der Waals surface area contributed by atoms with Crippen LogP contribution in [0.4, 0.5) is 0 Å². The summed E-state index contributed by atoms with van der Waals surface area (Å²) < 4.78 is 2.14. The molecule has 2 amide bonds. The fourth-order valence-corrected chi connectivity index (χ4v) is 5.55. The molecule has 1 unspecified atom stereocenters. The van der Waals surface area contributed by atoms with Gasteiger partial charge >= 0.3 is 0 Å². The van der Waals surface area contributed by atoms with Crippen molar-refractivity contribution in [3.8, 4) is 0 Å². The number of carbonyl (C=O) groups excluding carboxylic acids is 2. The Morgan fingerprint density at radius 3 is 2.55 bits per heavy atom. The molecule has 3 heterocycles. The van der Waals surface area contributed by atoms with Gasteiger partial charge in [-0.3, -0.25) is 9.59 Å². The van der Waals surface area contributed by atoms with Gasteiger partial charge < -0.3 is 14.4 Å². The van der Waals surface area contributed by atoms with Crippen LogP contribution in [0, 0.1) is 6.92 Å². The Balaban J connectivity index is 1.37. The molecule has 5 rings (SSSR count). The third-order valence-electron chi connectivity index (χ3n) is 6.34. The second-order valence-corrected chi connectivity index (χ2v) is 9.65. The molecular formula is C27H27N3O2S. The number of thiophene rings is 1. The Morgan fingerprint density at radius 1 is 0.970 bits per heavy atom. The van der Waals surface area contributed by atoms with E-state index in [1.807, 2.05) is 53.1 Å². The van der Waals surface area contributed by atoms with Gasteiger partial charge in [-0.25, -0.2) is 0 Å². The lowest BCUT2D eigenvalue weighted by atomic mass is 10.1. The molecule has 4 aromatic rings. The largest absolute Gasteiger partial charge is 0.334 e. The van der Waals surface area contributed by atoms with Crippen LogP contribution in [-0.4, -0.2) is 51.9 Å². The SMILES string of the molecule is Cc1cccc(Cn2c(C(=O)N3CCN(C(=O)c4ccccc4)C(C)C3)cc3ccsc32)c1. The van der Waals surface area contributed by atoms with Crippen LogP contribution in [0.2, 0.25) is 0 Å². The van der Waals surface area contributed by atoms with E-state index in [2.05, 4.69) is 47.2 Å². The van der Waals surface area contributed by atoms with Gasteiger partial charge in [-0.05, 0) is 49.1 Å². The zero-order valence-electron chi connectivity index (χ0n) is 18.9. The number of amides is 2. The number of aryl methyl sites for hydroxylation is 1. The Bertz CT molecular complexity index is 1310. The minimum Gasteiger partial charge on any atom is -0.334 e. The van der Waals surface area contributed by atoms with Crippen LogP contribution in [0.5, 0.6) is 0 Å². The van der Waals surface area contributed by atoms with Crippen LogP contribution >= 0.6 is 11.3 Å². The highest BCUT2D eigenvalue weighted by atomic mass is 32.1. The molecular weight excluding hydrogens is 430 g/mol. The van der Waals surface area contributed by atoms with E-state index in [-0.39, 0.29) is 17.9 Å². The first-order chi connectivity index (χ1) is 16.0. The molecule has 0 N–H and O–H groups in total. The Morgan fingerprint density at radius 2 is 1.79 bits per heavy atom. The average Bonchev–Trinajstić information content (AvgIpc) is 3.41. The topological polar surface area (TPSA) is 45.6 Å². The van der Waals surface area contributed by atoms with Crippen molar-refractivity contribution in [1.82, 2.24) is 14.4 Å². The van der Waals surface area contributed by atoms with E-state index >= 15 is 0 Å². The van der Waals surface area contributed by atoms with E-state index in [4.69, 9.17) is 0 Å². The monoisotopic (exact) mass is 457 g/mol. The van der Waals surface area contributed by atoms with Crippen molar-refractivity contribution < 1.29 is 9.59 Å². The molecule has 0 bridgehead atoms. The zero-order chi connectivity index (χ0) is 22.9. The first kappa shape index (κ1) is 21.5. The molecule has 2 aromatic carbocycles. The van der Waals surface area contributed by atoms with Gasteiger partial charge in [-0.15, -0.1) is 11.3 Å². The van der Waals surface area contributed by atoms with Crippen molar-refractivity contribution in [3.05, 3.63) is 94.5 Å². The number of aromatic nitrogens is 1. The van der Waals surface area contributed by atoms with Gasteiger partial charge in [0.05, 0.1) is 0 Å². The van der Waals surface area contributed by atoms with E-state index < -0.39 is 0 Å². The fraction of sp³-hybridized carbons (Fsp3) is 0.259. The third-order valence-corrected chi connectivity index (χ3v) is 7.29. The molecule has 5 nitrogen and oxygen atoms in total. The zero-order valence-corrected chi connectivity index (χ0v) is 19.7. The molecule has 168 valence electrons. The predicted molar refractivity (Wildman–Crippen MR) is 133 cm³/mol. The minimum absolute atomic E-state index is 0.0264. The summed E-state index contributed by atoms with van der Waals surface area (Å²) in [6.07, 6.45) is 0. The molecule has 0 saturated carbocycles. The van der Waals surface area contributed by atoms with Crippen LogP contribution in [0.15, 0.2) is 72.1 Å². The average molecular weight is 458 g/mol. The lowest BCUT2D eigenvalue weighted by Crippen LogP contribution is -2.55. The number of rotatable bonds is 4. The Hall–Kier alpha value is -3.38. The maximum absolute atomic E-state index is 13.6. The molecule has 0 spiro atoms. The Kier molecular flexibility index (Phi) is 5.77. The third kappa shape index (κ3) is 4.18. The molecule has 0 radical (unpaired) electrons. The van der Waals surface area contributed by atoms with Crippen molar-refractivity contribution in [2.75, 3.05) is 19.6 Å². The van der Waals surface area contributed by atoms with Crippen molar-refractivity contribution in [2.24, 2.45) is 0 Å². The molecule has 6 heteroatoms. The highest BCUT2D eigenvalue weighted by Crippen LogP contribution is 2.28. The number of carbonyl (C=O) groups is 2. The molecule has 1 fully saturated rings. The summed E-state index contributed by atoms with van der Waals surface area (Å²) in [6.45, 7) is 6.36. The summed E-state index contributed by atoms with van der Waals surface area (Å²) >= 11 is 1.66. The summed E-state index contributed by atoms with van der Waals surface area (Å²) in [5, 5.41) is 3.17. The number of piperazine rings is 1. The standard InChI is InChI=1S/C27H27N3O2S/c1-19-7-6-8-21(15-19)18-30-24(16-23-11-14-33-27(23)30)26(32)28-12-13-29(20(2)17-28)25(31)22-9-4-3-5-10-22/h3-11,14-16,20H,12-13,17-18H2,1-2H3. The first-order valence-electron chi connectivity index (χ1n) is 11.3. The molecule has 2 aromatic heterocycles. The summed E-state index contributed by atoms with van der Waals surface area (Å²) in [4.78, 5) is 31.5. The normalized spacial score (nSPS) is 16.4. The van der Waals surface area contributed by atoms with Gasteiger partial charge in [0, 0.05) is 43.2 Å². The summed E-state index contributed by atoms with van der Waals surface area (Å²) in [5.41, 5.74) is 3.80. The molecule has 1 saturated heterocycles. The molecule has 1 aliphatic rings. The van der Waals surface area contributed by atoms with Gasteiger partial charge in [0.25, 0.3) is 11.8 Å². The van der Waals surface area contributed by atoms with Gasteiger partial charge in [0.15, 0.2) is 0 Å². The van der Waals surface area contributed by atoms with Crippen LogP contribution in [0.3, 0.4) is 0 Å². The highest BCUT2D eigenvalue weighted by Gasteiger charge is 2.32. The van der Waals surface area contributed by atoms with E-state index in [0.29, 0.717) is 37.4 Å². The highest BCUT2D eigenvalue weighted by molar-refractivity contribution is 7.16. The maximum Gasteiger partial charge on any atom is 0.270 e. The predicted octanol–water partition coefficient (Wildman–Crippen LogP) is 5.05. The number of hydrogen-bond donors (Lipinski definition) is 0. The molecule has 1 aliphatic heterocycles. The first-order valence-corrected chi connectivity index (χ1v) is 12.2. The van der Waals surface area contributed by atoms with Gasteiger partial charge in [0.2, 0.25) is 0 Å². The van der Waals surface area contributed by atoms with Gasteiger partial charge in [0.1, 0.15) is 10.5 Å². The van der Waals surface area contributed by atoms with E-state index in [0.717, 1.165) is 10.2 Å². The van der Waals surface area contributed by atoms with Crippen LogP contribution in [-0.2, 0) is 6.54 Å². The smallest absolute Gasteiger partial charge is 0.270 e. The summed E-state index contributed by atoms with van der Waals surface area (Å²) in [5.74, 6) is 0.0586. The van der Waals surface area contributed by atoms with Gasteiger partial charge in [-0.1, -0.05) is 48.0 Å². The van der Waals surface area contributed by atoms with Crippen LogP contribution in [0.25, 0.3) is 10.2 Å². The maximum atomic E-state index is 13.6. The molecule has 33 heavy (non-hydrogen) atoms. The number of nitrogens with zero attached hydrogens (tertiary/aromatic N) is 3. The van der Waals surface area contributed by atoms with Gasteiger partial charge in [-0.2, -0.15) is 0 Å². The number of fused-ring (bicyclic) bond motifs is 1. The number of benzene rings is 2. The fourth-order valence-electron chi connectivity index (χ4n) is 4.65. The van der Waals surface area contributed by atoms with E-state index in [9.17, 15) is 9.59 Å². The Labute approximate surface area is 197 Å². The van der Waals surface area contributed by atoms with E-state index in [1.165, 1.54) is 11.1 Å². The second-order valence-electron chi connectivity index (χ2n) is 8.75. The molecule has 0 aliphatic carbocycles. The van der Waals surface area contributed by atoms with Crippen molar-refractivity contribution in [3.63, 3.8) is 0 Å². The van der Waals surface area contributed by atoms with E-state index in [1.54, 1.807) is 11.3 Å². The van der Waals surface area contributed by atoms with Crippen LogP contribution < -0.4 is 0 Å². The lowest BCUT2D eigenvalue weighted by molar-refractivity contribution is 0.0409. The minimum atomic E-state index is -0.0447. The van der Waals surface area contributed by atoms with Crippen LogP contribution in [0.1, 0.15) is 38.9 Å². The van der Waals surface area contributed by atoms with Crippen molar-refractivity contribution >= 4 is 33.4 Å². The summed E-state index contributed by atoms with van der Waals surface area (Å²) in [6, 6.07) is 21.8. The quantitative estimate of drug-likeness (QED) is 0.431. The van der Waals surface area contributed by atoms with Crippen molar-refractivity contribution in [2.45, 2.75) is 26.4 Å². The number of hydrogen-bond acceptors (Lipinski definition) is 3. The lowest BCUT2D eigenvalue weighted by Gasteiger charge is -2.40. The second kappa shape index (κ2) is 8.87. The molecule has 1 atom stereocenters. The van der Waals surface area contributed by atoms with Crippen molar-refractivity contribution in [1.29, 1.82) is 0 Å².